The highest BCUT2D eigenvalue weighted by molar-refractivity contribution is 5.91. The number of rotatable bonds is 4. The Morgan fingerprint density at radius 2 is 1.96 bits per heavy atom. The van der Waals surface area contributed by atoms with Crippen LogP contribution in [0.25, 0.3) is 33.7 Å². The smallest absolute Gasteiger partial charge is 0.267 e. The number of pyridine rings is 1. The Morgan fingerprint density at radius 1 is 1.21 bits per heavy atom. The molecule has 0 amide bonds. The number of benzene rings is 2. The zero-order valence-corrected chi connectivity index (χ0v) is 15.1. The summed E-state index contributed by atoms with van der Waals surface area (Å²) in [5.74, 6) is 0.0142. The maximum Gasteiger partial charge on any atom is 0.267 e. The zero-order chi connectivity index (χ0) is 19.8. The summed E-state index contributed by atoms with van der Waals surface area (Å²) >= 11 is 0. The van der Waals surface area contributed by atoms with Crippen LogP contribution < -0.4 is 10.3 Å². The van der Waals surface area contributed by atoms with Gasteiger partial charge in [0.15, 0.2) is 0 Å². The molecule has 7 nitrogen and oxygen atoms in total. The van der Waals surface area contributed by atoms with E-state index in [0.29, 0.717) is 23.3 Å². The lowest BCUT2D eigenvalue weighted by Crippen LogP contribution is -2.19. The van der Waals surface area contributed by atoms with Crippen molar-refractivity contribution in [3.05, 3.63) is 58.6 Å². The van der Waals surface area contributed by atoms with E-state index in [1.807, 2.05) is 6.92 Å². The summed E-state index contributed by atoms with van der Waals surface area (Å²) in [6, 6.07) is 10.9. The zero-order valence-electron chi connectivity index (χ0n) is 15.1. The summed E-state index contributed by atoms with van der Waals surface area (Å²) in [6.45, 7) is 2.45. The Labute approximate surface area is 158 Å². The second kappa shape index (κ2) is 6.80. The average molecular weight is 381 g/mol. The number of aromatic nitrogens is 3. The van der Waals surface area contributed by atoms with Gasteiger partial charge >= 0.3 is 0 Å². The third-order valence-corrected chi connectivity index (χ3v) is 4.39. The van der Waals surface area contributed by atoms with Crippen LogP contribution in [0.1, 0.15) is 6.92 Å². The molecule has 0 bridgehead atoms. The fourth-order valence-electron chi connectivity index (χ4n) is 3.00. The standard InChI is InChI=1S/C20H16FN3O4/c1-3-27-13-7-4-11(5-8-13)18-22-19(28-23-18)16-17(25)14-9-6-12(21)10-15(14)24(2)20(16)26/h4-10,25H,3H2,1-2H3. The van der Waals surface area contributed by atoms with Crippen LogP contribution >= 0.6 is 0 Å². The normalized spacial score (nSPS) is 11.1. The number of fused-ring (bicyclic) bond motifs is 1. The van der Waals surface area contributed by atoms with E-state index >= 15 is 0 Å². The molecule has 2 aromatic carbocycles. The summed E-state index contributed by atoms with van der Waals surface area (Å²) in [5, 5.41) is 14.8. The molecule has 2 aromatic heterocycles. The molecule has 0 radical (unpaired) electrons. The predicted molar refractivity (Wildman–Crippen MR) is 101 cm³/mol. The van der Waals surface area contributed by atoms with Crippen LogP contribution in [0.4, 0.5) is 4.39 Å². The second-order valence-electron chi connectivity index (χ2n) is 6.13. The highest BCUT2D eigenvalue weighted by Crippen LogP contribution is 2.33. The number of hydrogen-bond acceptors (Lipinski definition) is 6. The second-order valence-corrected chi connectivity index (χ2v) is 6.13. The lowest BCUT2D eigenvalue weighted by molar-refractivity contribution is 0.340. The van der Waals surface area contributed by atoms with Crippen LogP contribution in [0.3, 0.4) is 0 Å². The topological polar surface area (TPSA) is 90.4 Å². The third-order valence-electron chi connectivity index (χ3n) is 4.39. The lowest BCUT2D eigenvalue weighted by atomic mass is 10.1. The van der Waals surface area contributed by atoms with Crippen LogP contribution in [0, 0.1) is 5.82 Å². The molecule has 0 aliphatic rings. The molecule has 4 rings (SSSR count). The van der Waals surface area contributed by atoms with Crippen molar-refractivity contribution in [2.75, 3.05) is 6.61 Å². The first-order chi connectivity index (χ1) is 13.5. The van der Waals surface area contributed by atoms with Gasteiger partial charge in [-0.3, -0.25) is 4.79 Å². The third kappa shape index (κ3) is 2.88. The van der Waals surface area contributed by atoms with E-state index in [0.717, 1.165) is 0 Å². The van der Waals surface area contributed by atoms with Crippen molar-refractivity contribution < 1.29 is 18.8 Å². The van der Waals surface area contributed by atoms with Gasteiger partial charge in [0.25, 0.3) is 11.4 Å². The molecule has 0 spiro atoms. The molecule has 4 aromatic rings. The van der Waals surface area contributed by atoms with Crippen LogP contribution in [0.15, 0.2) is 51.8 Å². The fourth-order valence-corrected chi connectivity index (χ4v) is 3.00. The van der Waals surface area contributed by atoms with Crippen LogP contribution in [0.5, 0.6) is 11.5 Å². The molecule has 0 aliphatic carbocycles. The van der Waals surface area contributed by atoms with Gasteiger partial charge in [0, 0.05) is 18.0 Å². The van der Waals surface area contributed by atoms with E-state index in [1.54, 1.807) is 24.3 Å². The molecule has 142 valence electrons. The van der Waals surface area contributed by atoms with Gasteiger partial charge in [-0.15, -0.1) is 0 Å². The summed E-state index contributed by atoms with van der Waals surface area (Å²) in [7, 11) is 1.48. The quantitative estimate of drug-likeness (QED) is 0.582. The minimum absolute atomic E-state index is 0.117. The van der Waals surface area contributed by atoms with Crippen molar-refractivity contribution >= 4 is 10.9 Å². The fraction of sp³-hybridized carbons (Fsp3) is 0.150. The minimum atomic E-state index is -0.572. The largest absolute Gasteiger partial charge is 0.506 e. The molecule has 0 saturated carbocycles. The number of halogens is 1. The molecule has 0 fully saturated rings. The molecule has 2 heterocycles. The lowest BCUT2D eigenvalue weighted by Gasteiger charge is -2.09. The Hall–Kier alpha value is -3.68. The summed E-state index contributed by atoms with van der Waals surface area (Å²) in [5.41, 5.74) is 0.221. The van der Waals surface area contributed by atoms with E-state index in [9.17, 15) is 14.3 Å². The first kappa shape index (κ1) is 17.7. The Morgan fingerprint density at radius 3 is 2.68 bits per heavy atom. The number of ether oxygens (including phenoxy) is 1. The first-order valence-electron chi connectivity index (χ1n) is 8.58. The molecule has 0 atom stereocenters. The average Bonchev–Trinajstić information content (AvgIpc) is 3.17. The number of hydrogen-bond donors (Lipinski definition) is 1. The van der Waals surface area contributed by atoms with Crippen LogP contribution in [-0.2, 0) is 7.05 Å². The molecule has 0 aliphatic heterocycles. The van der Waals surface area contributed by atoms with Gasteiger partial charge in [-0.05, 0) is 49.4 Å². The van der Waals surface area contributed by atoms with Gasteiger partial charge in [0.2, 0.25) is 5.82 Å². The van der Waals surface area contributed by atoms with Crippen molar-refractivity contribution in [1.82, 2.24) is 14.7 Å². The Bertz CT molecular complexity index is 1230. The van der Waals surface area contributed by atoms with Crippen molar-refractivity contribution in [3.63, 3.8) is 0 Å². The Kier molecular flexibility index (Phi) is 4.31. The number of nitrogens with zero attached hydrogens (tertiary/aromatic N) is 3. The highest BCUT2D eigenvalue weighted by Gasteiger charge is 2.22. The van der Waals surface area contributed by atoms with Gasteiger partial charge < -0.3 is 18.9 Å². The van der Waals surface area contributed by atoms with Gasteiger partial charge in [0.05, 0.1) is 12.1 Å². The molecule has 0 saturated heterocycles. The summed E-state index contributed by atoms with van der Waals surface area (Å²) in [6.07, 6.45) is 0. The molecular weight excluding hydrogens is 365 g/mol. The van der Waals surface area contributed by atoms with E-state index < -0.39 is 11.4 Å². The maximum absolute atomic E-state index is 13.5. The van der Waals surface area contributed by atoms with E-state index in [-0.39, 0.29) is 28.5 Å². The molecule has 8 heteroatoms. The Balaban J connectivity index is 1.81. The maximum atomic E-state index is 13.5. The van der Waals surface area contributed by atoms with Crippen molar-refractivity contribution in [3.8, 4) is 34.3 Å². The first-order valence-corrected chi connectivity index (χ1v) is 8.58. The molecular formula is C20H16FN3O4. The molecule has 1 N–H and O–H groups in total. The van der Waals surface area contributed by atoms with E-state index in [1.165, 1.54) is 29.8 Å². The van der Waals surface area contributed by atoms with Crippen LogP contribution in [0.2, 0.25) is 0 Å². The van der Waals surface area contributed by atoms with Gasteiger partial charge in [0.1, 0.15) is 22.9 Å². The summed E-state index contributed by atoms with van der Waals surface area (Å²) < 4.78 is 25.4. The van der Waals surface area contributed by atoms with Crippen molar-refractivity contribution in [1.29, 1.82) is 0 Å². The monoisotopic (exact) mass is 381 g/mol. The minimum Gasteiger partial charge on any atom is -0.506 e. The van der Waals surface area contributed by atoms with Crippen molar-refractivity contribution in [2.45, 2.75) is 6.92 Å². The SMILES string of the molecule is CCOc1ccc(-c2noc(-c3c(O)c4ccc(F)cc4n(C)c3=O)n2)cc1. The molecule has 28 heavy (non-hydrogen) atoms. The van der Waals surface area contributed by atoms with Gasteiger partial charge in [-0.2, -0.15) is 4.98 Å². The summed E-state index contributed by atoms with van der Waals surface area (Å²) in [4.78, 5) is 17.0. The number of aryl methyl sites for hydroxylation is 1. The van der Waals surface area contributed by atoms with Gasteiger partial charge in [-0.1, -0.05) is 5.16 Å². The molecule has 0 unspecified atom stereocenters. The van der Waals surface area contributed by atoms with E-state index in [2.05, 4.69) is 10.1 Å². The number of aromatic hydroxyl groups is 1. The highest BCUT2D eigenvalue weighted by atomic mass is 19.1. The predicted octanol–water partition coefficient (Wildman–Crippen LogP) is 3.50. The van der Waals surface area contributed by atoms with Crippen LogP contribution in [-0.4, -0.2) is 26.4 Å². The van der Waals surface area contributed by atoms with E-state index in [4.69, 9.17) is 9.26 Å². The van der Waals surface area contributed by atoms with Gasteiger partial charge in [-0.25, -0.2) is 4.39 Å². The van der Waals surface area contributed by atoms with Crippen molar-refractivity contribution in [2.24, 2.45) is 7.05 Å².